The van der Waals surface area contributed by atoms with Gasteiger partial charge >= 0.3 is 0 Å². The lowest BCUT2D eigenvalue weighted by Crippen LogP contribution is -2.49. The molecule has 4 amide bonds. The summed E-state index contributed by atoms with van der Waals surface area (Å²) in [5.41, 5.74) is 6.87. The van der Waals surface area contributed by atoms with Crippen LogP contribution in [0.5, 0.6) is 0 Å². The van der Waals surface area contributed by atoms with Crippen molar-refractivity contribution in [2.24, 2.45) is 17.8 Å². The zero-order chi connectivity index (χ0) is 29.8. The molecule has 0 saturated carbocycles. The van der Waals surface area contributed by atoms with Gasteiger partial charge in [0.2, 0.25) is 19.2 Å². The molecular weight excluding hydrogens is 531 g/mol. The molecule has 40 heavy (non-hydrogen) atoms. The van der Waals surface area contributed by atoms with Crippen molar-refractivity contribution in [3.05, 3.63) is 41.5 Å². The Balaban J connectivity index is 1.93. The second-order valence-electron chi connectivity index (χ2n) is 11.2. The lowest BCUT2D eigenvalue weighted by molar-refractivity contribution is -0.131. The van der Waals surface area contributed by atoms with Gasteiger partial charge in [0.25, 0.3) is 11.8 Å². The zero-order valence-electron chi connectivity index (χ0n) is 24.2. The van der Waals surface area contributed by atoms with Crippen LogP contribution in [0, 0.1) is 17.8 Å². The monoisotopic (exact) mass is 572 g/mol. The highest BCUT2D eigenvalue weighted by atomic mass is 31.2. The fourth-order valence-corrected chi connectivity index (χ4v) is 7.69. The number of imide groups is 1. The molecule has 0 fully saturated rings. The van der Waals surface area contributed by atoms with E-state index in [-0.39, 0.29) is 41.8 Å². The van der Waals surface area contributed by atoms with Crippen molar-refractivity contribution < 1.29 is 28.3 Å². The molecule has 0 radical (unpaired) electrons. The van der Waals surface area contributed by atoms with E-state index < -0.39 is 43.3 Å². The van der Waals surface area contributed by atoms with Crippen molar-refractivity contribution in [2.75, 3.05) is 31.8 Å². The average molecular weight is 573 g/mol. The van der Waals surface area contributed by atoms with Crippen molar-refractivity contribution >= 4 is 47.5 Å². The van der Waals surface area contributed by atoms with Crippen LogP contribution in [0.4, 0.5) is 5.69 Å². The standard InChI is InChI=1S/C29H41N4O6P/c1-7-39-40(38,15-20(13-17(2)3)26(34)32-23(14-18(4)5)27(35)31-6)16-33-28(36)21-10-8-9-19-11-12-22(30)25(24(19)21)29(33)37/h8-12,17-18,20,23H,7,13-16,30H2,1-6H3,(H,31,35)(H,32,34)/t20?,23-,40?/m0/s1. The Labute approximate surface area is 235 Å². The first kappa shape index (κ1) is 31.3. The zero-order valence-corrected chi connectivity index (χ0v) is 25.0. The maximum atomic E-state index is 14.3. The van der Waals surface area contributed by atoms with Gasteiger partial charge in [-0.15, -0.1) is 0 Å². The van der Waals surface area contributed by atoms with E-state index in [0.29, 0.717) is 29.2 Å². The smallest absolute Gasteiger partial charge is 0.264 e. The Morgan fingerprint density at radius 2 is 1.68 bits per heavy atom. The number of nitrogens with two attached hydrogens (primary N) is 1. The SMILES string of the molecule is CCOP(=O)(CC(CC(C)C)C(=O)N[C@@H](CC(C)C)C(=O)NC)CN1C(=O)c2cccc3ccc(N)c(c23)C1=O. The summed E-state index contributed by atoms with van der Waals surface area (Å²) in [7, 11) is -2.24. The molecule has 3 atom stereocenters. The minimum absolute atomic E-state index is 0.0615. The maximum absolute atomic E-state index is 14.3. The molecule has 3 rings (SSSR count). The molecule has 0 spiro atoms. The number of nitrogens with zero attached hydrogens (tertiary/aromatic N) is 1. The molecule has 1 aliphatic rings. The summed E-state index contributed by atoms with van der Waals surface area (Å²) in [6, 6.07) is 7.74. The summed E-state index contributed by atoms with van der Waals surface area (Å²) in [5.74, 6) is -2.52. The van der Waals surface area contributed by atoms with Gasteiger partial charge in [-0.2, -0.15) is 0 Å². The van der Waals surface area contributed by atoms with Crippen LogP contribution in [0.3, 0.4) is 0 Å². The largest absolute Gasteiger partial charge is 0.398 e. The third-order valence-electron chi connectivity index (χ3n) is 6.95. The summed E-state index contributed by atoms with van der Waals surface area (Å²) in [5, 5.41) is 6.60. The summed E-state index contributed by atoms with van der Waals surface area (Å²) >= 11 is 0. The Kier molecular flexibility index (Phi) is 10.1. The van der Waals surface area contributed by atoms with E-state index in [9.17, 15) is 23.7 Å². The molecule has 10 nitrogen and oxygen atoms in total. The van der Waals surface area contributed by atoms with Gasteiger partial charge in [0, 0.05) is 35.8 Å². The van der Waals surface area contributed by atoms with Gasteiger partial charge in [0.05, 0.1) is 12.2 Å². The number of hydrogen-bond acceptors (Lipinski definition) is 7. The molecule has 11 heteroatoms. The number of carbonyl (C=O) groups is 4. The number of hydrogen-bond donors (Lipinski definition) is 3. The van der Waals surface area contributed by atoms with E-state index in [0.717, 1.165) is 4.90 Å². The van der Waals surface area contributed by atoms with Gasteiger partial charge < -0.3 is 20.9 Å². The van der Waals surface area contributed by atoms with E-state index in [1.165, 1.54) is 7.05 Å². The number of likely N-dealkylation sites (N-methyl/N-ethyl adjacent to an activating group) is 1. The van der Waals surface area contributed by atoms with Gasteiger partial charge in [-0.05, 0) is 49.1 Å². The van der Waals surface area contributed by atoms with Crippen molar-refractivity contribution in [2.45, 2.75) is 53.5 Å². The molecule has 2 unspecified atom stereocenters. The Morgan fingerprint density at radius 3 is 2.27 bits per heavy atom. The number of amides is 4. The highest BCUT2D eigenvalue weighted by Crippen LogP contribution is 2.51. The molecular formula is C29H41N4O6P. The third kappa shape index (κ3) is 6.91. The number of benzene rings is 2. The lowest BCUT2D eigenvalue weighted by Gasteiger charge is -2.32. The minimum atomic E-state index is -3.75. The quantitative estimate of drug-likeness (QED) is 0.185. The summed E-state index contributed by atoms with van der Waals surface area (Å²) in [4.78, 5) is 54.0. The topological polar surface area (TPSA) is 148 Å². The maximum Gasteiger partial charge on any atom is 0.264 e. The van der Waals surface area contributed by atoms with Gasteiger partial charge in [-0.3, -0.25) is 28.6 Å². The molecule has 2 aromatic rings. The number of anilines is 1. The highest BCUT2D eigenvalue weighted by Gasteiger charge is 2.41. The molecule has 0 saturated heterocycles. The van der Waals surface area contributed by atoms with Crippen LogP contribution in [0.15, 0.2) is 30.3 Å². The van der Waals surface area contributed by atoms with Crippen molar-refractivity contribution in [1.82, 2.24) is 15.5 Å². The van der Waals surface area contributed by atoms with Gasteiger partial charge in [-0.25, -0.2) is 0 Å². The van der Waals surface area contributed by atoms with Crippen LogP contribution in [0.25, 0.3) is 10.8 Å². The van der Waals surface area contributed by atoms with Gasteiger partial charge in [0.15, 0.2) is 0 Å². The number of nitrogens with one attached hydrogen (secondary N) is 2. The third-order valence-corrected chi connectivity index (χ3v) is 9.39. The molecule has 1 heterocycles. The number of rotatable bonds is 13. The van der Waals surface area contributed by atoms with Crippen molar-refractivity contribution in [1.29, 1.82) is 0 Å². The normalized spacial score (nSPS) is 16.2. The van der Waals surface area contributed by atoms with E-state index in [1.807, 2.05) is 27.7 Å². The Bertz CT molecular complexity index is 1340. The fraction of sp³-hybridized carbons (Fsp3) is 0.517. The molecule has 4 N–H and O–H groups in total. The molecule has 0 aliphatic carbocycles. The lowest BCUT2D eigenvalue weighted by atomic mass is 9.93. The Hall–Kier alpha value is -3.23. The summed E-state index contributed by atoms with van der Waals surface area (Å²) in [6.45, 7) is 9.51. The molecule has 218 valence electrons. The van der Waals surface area contributed by atoms with Crippen molar-refractivity contribution in [3.63, 3.8) is 0 Å². The predicted octanol–water partition coefficient (Wildman–Crippen LogP) is 4.23. The van der Waals surface area contributed by atoms with Crippen LogP contribution in [-0.2, 0) is 18.7 Å². The van der Waals surface area contributed by atoms with Gasteiger partial charge in [-0.1, -0.05) is 45.9 Å². The first-order chi connectivity index (χ1) is 18.8. The second kappa shape index (κ2) is 13.0. The summed E-state index contributed by atoms with van der Waals surface area (Å²) in [6.07, 6.45) is 0.134. The van der Waals surface area contributed by atoms with Crippen LogP contribution >= 0.6 is 7.37 Å². The first-order valence-electron chi connectivity index (χ1n) is 13.7. The molecule has 0 aromatic heterocycles. The second-order valence-corrected chi connectivity index (χ2v) is 13.7. The van der Waals surface area contributed by atoms with Gasteiger partial charge in [0.1, 0.15) is 12.3 Å². The van der Waals surface area contributed by atoms with Crippen LogP contribution < -0.4 is 16.4 Å². The van der Waals surface area contributed by atoms with Crippen LogP contribution in [0.2, 0.25) is 0 Å². The average Bonchev–Trinajstić information content (AvgIpc) is 2.88. The number of carbonyl (C=O) groups excluding carboxylic acids is 4. The van der Waals surface area contributed by atoms with E-state index in [1.54, 1.807) is 37.3 Å². The molecule has 1 aliphatic heterocycles. The minimum Gasteiger partial charge on any atom is -0.398 e. The van der Waals surface area contributed by atoms with Crippen LogP contribution in [0.1, 0.15) is 68.2 Å². The first-order valence-corrected chi connectivity index (χ1v) is 15.7. The van der Waals surface area contributed by atoms with E-state index >= 15 is 0 Å². The number of nitrogen functional groups attached to an aromatic ring is 1. The predicted molar refractivity (Wildman–Crippen MR) is 156 cm³/mol. The highest BCUT2D eigenvalue weighted by molar-refractivity contribution is 7.59. The van der Waals surface area contributed by atoms with E-state index in [4.69, 9.17) is 10.3 Å². The molecule has 2 aromatic carbocycles. The Morgan fingerprint density at radius 1 is 1.00 bits per heavy atom. The van der Waals surface area contributed by atoms with Crippen LogP contribution in [-0.4, -0.2) is 60.7 Å². The molecule has 0 bridgehead atoms. The fourth-order valence-electron chi connectivity index (χ4n) is 5.24. The summed E-state index contributed by atoms with van der Waals surface area (Å²) < 4.78 is 20.0. The van der Waals surface area contributed by atoms with Crippen molar-refractivity contribution in [3.8, 4) is 0 Å². The van der Waals surface area contributed by atoms with E-state index in [2.05, 4.69) is 10.6 Å².